The van der Waals surface area contributed by atoms with Crippen LogP contribution in [0.4, 0.5) is 0 Å². The first kappa shape index (κ1) is 7.19. The molecule has 0 amide bonds. The topological polar surface area (TPSA) is 24.7 Å². The highest BCUT2D eigenvalue weighted by molar-refractivity contribution is 5.98. The Kier molecular flexibility index (Phi) is 2.00. The van der Waals surface area contributed by atoms with Crippen LogP contribution in [0, 0.1) is 5.92 Å². The first-order chi connectivity index (χ1) is 4.70. The number of allylic oxidation sites excluding steroid dienone is 2. The molecule has 0 aromatic carbocycles. The maximum atomic E-state index is 3.97. The third-order valence-corrected chi connectivity index (χ3v) is 1.59. The van der Waals surface area contributed by atoms with Gasteiger partial charge in [-0.1, -0.05) is 13.0 Å². The molecule has 1 aliphatic heterocycles. The molecule has 1 unspecified atom stereocenters. The minimum atomic E-state index is 0.418. The molecule has 0 aliphatic carbocycles. The Hall–Kier alpha value is -0.920. The maximum Gasteiger partial charge on any atom is 0.0625 e. The van der Waals surface area contributed by atoms with Crippen molar-refractivity contribution in [3.05, 3.63) is 11.6 Å². The van der Waals surface area contributed by atoms with Crippen LogP contribution < -0.4 is 0 Å². The van der Waals surface area contributed by atoms with Crippen LogP contribution in [-0.4, -0.2) is 11.9 Å². The Morgan fingerprint density at radius 2 is 2.10 bits per heavy atom. The molecular formula is C8H12N2. The van der Waals surface area contributed by atoms with Gasteiger partial charge in [0.05, 0.1) is 5.71 Å². The quantitative estimate of drug-likeness (QED) is 0.487. The summed E-state index contributed by atoms with van der Waals surface area (Å²) >= 11 is 0. The molecule has 0 aromatic heterocycles. The Balaban J connectivity index is 2.90. The average Bonchev–Trinajstić information content (AvgIpc) is 1.96. The van der Waals surface area contributed by atoms with Gasteiger partial charge in [0.1, 0.15) is 0 Å². The van der Waals surface area contributed by atoms with Crippen molar-refractivity contribution >= 4 is 11.9 Å². The molecule has 0 radical (unpaired) electrons. The lowest BCUT2D eigenvalue weighted by atomic mass is 10.1. The van der Waals surface area contributed by atoms with Crippen molar-refractivity contribution in [3.8, 4) is 0 Å². The largest absolute Gasteiger partial charge is 0.163 e. The fraction of sp³-hybridized carbons (Fsp3) is 0.500. The molecule has 10 heavy (non-hydrogen) atoms. The maximum absolute atomic E-state index is 3.97. The summed E-state index contributed by atoms with van der Waals surface area (Å²) in [5.74, 6) is 0.418. The smallest absolute Gasteiger partial charge is 0.0625 e. The zero-order valence-corrected chi connectivity index (χ0v) is 6.63. The zero-order valence-electron chi connectivity index (χ0n) is 6.63. The highest BCUT2D eigenvalue weighted by atomic mass is 15.2. The number of rotatable bonds is 0. The zero-order chi connectivity index (χ0) is 7.56. The average molecular weight is 136 g/mol. The van der Waals surface area contributed by atoms with Crippen molar-refractivity contribution in [1.82, 2.24) is 0 Å². The predicted molar refractivity (Wildman–Crippen MR) is 44.5 cm³/mol. The van der Waals surface area contributed by atoms with E-state index in [1.807, 2.05) is 13.1 Å². The van der Waals surface area contributed by atoms with E-state index in [2.05, 4.69) is 30.1 Å². The monoisotopic (exact) mass is 136 g/mol. The minimum Gasteiger partial charge on any atom is -0.163 e. The Morgan fingerprint density at radius 1 is 1.40 bits per heavy atom. The van der Waals surface area contributed by atoms with Crippen LogP contribution >= 0.6 is 0 Å². The van der Waals surface area contributed by atoms with E-state index in [4.69, 9.17) is 0 Å². The van der Waals surface area contributed by atoms with Gasteiger partial charge in [0, 0.05) is 12.1 Å². The molecule has 2 nitrogen and oxygen atoms in total. The van der Waals surface area contributed by atoms with Crippen molar-refractivity contribution in [2.75, 3.05) is 0 Å². The summed E-state index contributed by atoms with van der Waals surface area (Å²) in [6, 6.07) is 0. The van der Waals surface area contributed by atoms with Gasteiger partial charge >= 0.3 is 0 Å². The number of nitrogens with zero attached hydrogens (tertiary/aromatic N) is 2. The van der Waals surface area contributed by atoms with Crippen molar-refractivity contribution in [3.63, 3.8) is 0 Å². The molecule has 0 bridgehead atoms. The Labute approximate surface area is 61.4 Å². The molecule has 1 atom stereocenters. The first-order valence-corrected chi connectivity index (χ1v) is 3.46. The van der Waals surface area contributed by atoms with Gasteiger partial charge in [-0.2, -0.15) is 10.2 Å². The summed E-state index contributed by atoms with van der Waals surface area (Å²) in [5.41, 5.74) is 2.24. The first-order valence-electron chi connectivity index (χ1n) is 3.46. The van der Waals surface area contributed by atoms with Crippen LogP contribution in [0.15, 0.2) is 21.9 Å². The lowest BCUT2D eigenvalue weighted by molar-refractivity contribution is 1.01. The molecule has 0 spiro atoms. The predicted octanol–water partition coefficient (Wildman–Crippen LogP) is 2.03. The fourth-order valence-electron chi connectivity index (χ4n) is 0.862. The second-order valence-corrected chi connectivity index (χ2v) is 2.66. The highest BCUT2D eigenvalue weighted by Crippen LogP contribution is 2.06. The van der Waals surface area contributed by atoms with Crippen molar-refractivity contribution in [2.45, 2.75) is 20.8 Å². The minimum absolute atomic E-state index is 0.418. The van der Waals surface area contributed by atoms with Gasteiger partial charge in [-0.25, -0.2) is 0 Å². The molecule has 1 aliphatic rings. The lowest BCUT2D eigenvalue weighted by Crippen LogP contribution is -1.93. The molecule has 0 saturated carbocycles. The number of hydrogen-bond donors (Lipinski definition) is 0. The van der Waals surface area contributed by atoms with Crippen molar-refractivity contribution in [1.29, 1.82) is 0 Å². The summed E-state index contributed by atoms with van der Waals surface area (Å²) in [7, 11) is 0. The molecule has 0 saturated heterocycles. The van der Waals surface area contributed by atoms with E-state index in [0.717, 1.165) is 5.71 Å². The molecule has 2 heteroatoms. The normalized spacial score (nSPS) is 25.3. The highest BCUT2D eigenvalue weighted by Gasteiger charge is 2.00. The SMILES string of the molecule is CC1=CC(C)C=NN=C1C. The van der Waals surface area contributed by atoms with Crippen LogP contribution in [0.5, 0.6) is 0 Å². The summed E-state index contributed by atoms with van der Waals surface area (Å²) in [6.07, 6.45) is 4.01. The molecule has 1 heterocycles. The van der Waals surface area contributed by atoms with Gasteiger partial charge in [0.2, 0.25) is 0 Å². The molecule has 0 aromatic rings. The lowest BCUT2D eigenvalue weighted by Gasteiger charge is -1.96. The molecule has 0 N–H and O–H groups in total. The summed E-state index contributed by atoms with van der Waals surface area (Å²) in [4.78, 5) is 0. The Morgan fingerprint density at radius 3 is 2.80 bits per heavy atom. The van der Waals surface area contributed by atoms with Gasteiger partial charge in [0.25, 0.3) is 0 Å². The van der Waals surface area contributed by atoms with Crippen molar-refractivity contribution < 1.29 is 0 Å². The fourth-order valence-corrected chi connectivity index (χ4v) is 0.862. The molecule has 0 fully saturated rings. The van der Waals surface area contributed by atoms with E-state index < -0.39 is 0 Å². The van der Waals surface area contributed by atoms with Crippen LogP contribution in [-0.2, 0) is 0 Å². The summed E-state index contributed by atoms with van der Waals surface area (Å²) in [6.45, 7) is 6.13. The number of hydrogen-bond acceptors (Lipinski definition) is 2. The van der Waals surface area contributed by atoms with Gasteiger partial charge in [-0.15, -0.1) is 0 Å². The van der Waals surface area contributed by atoms with Gasteiger partial charge in [0.15, 0.2) is 0 Å². The van der Waals surface area contributed by atoms with Gasteiger partial charge in [-0.3, -0.25) is 0 Å². The van der Waals surface area contributed by atoms with E-state index in [9.17, 15) is 0 Å². The second kappa shape index (κ2) is 2.78. The molecule has 1 rings (SSSR count). The van der Waals surface area contributed by atoms with E-state index in [1.54, 1.807) is 0 Å². The Bertz CT molecular complexity index is 211. The van der Waals surface area contributed by atoms with Crippen LogP contribution in [0.2, 0.25) is 0 Å². The van der Waals surface area contributed by atoms with E-state index >= 15 is 0 Å². The van der Waals surface area contributed by atoms with E-state index in [1.165, 1.54) is 5.57 Å². The van der Waals surface area contributed by atoms with Crippen LogP contribution in [0.3, 0.4) is 0 Å². The van der Waals surface area contributed by atoms with E-state index in [-0.39, 0.29) is 0 Å². The van der Waals surface area contributed by atoms with Gasteiger partial charge < -0.3 is 0 Å². The molecule has 54 valence electrons. The van der Waals surface area contributed by atoms with Gasteiger partial charge in [-0.05, 0) is 19.4 Å². The second-order valence-electron chi connectivity index (χ2n) is 2.66. The summed E-state index contributed by atoms with van der Waals surface area (Å²) < 4.78 is 0. The summed E-state index contributed by atoms with van der Waals surface area (Å²) in [5, 5.41) is 7.87. The van der Waals surface area contributed by atoms with Crippen LogP contribution in [0.1, 0.15) is 20.8 Å². The van der Waals surface area contributed by atoms with Crippen LogP contribution in [0.25, 0.3) is 0 Å². The molecular weight excluding hydrogens is 124 g/mol. The standard InChI is InChI=1S/C8H12N2/c1-6-4-7(2)8(3)10-9-5-6/h4-6H,1-3H3. The van der Waals surface area contributed by atoms with Crippen molar-refractivity contribution in [2.24, 2.45) is 16.1 Å². The van der Waals surface area contributed by atoms with E-state index in [0.29, 0.717) is 5.92 Å². The third-order valence-electron chi connectivity index (χ3n) is 1.59. The third kappa shape index (κ3) is 1.53.